The molecular weight excluding hydrogens is 442 g/mol. The lowest BCUT2D eigenvalue weighted by molar-refractivity contribution is 0.0600. The average molecular weight is 475 g/mol. The highest BCUT2D eigenvalue weighted by Crippen LogP contribution is 2.23. The number of aliphatic hydroxyl groups excluding tert-OH is 1. The van der Waals surface area contributed by atoms with Gasteiger partial charge in [-0.3, -0.25) is 9.11 Å². The number of para-hydroxylation sites is 1. The SMILES string of the molecule is COC(=O)c1ccc(CN(CCc2ccccc2N2CCN(CCCO)CC2)S(=O)[O-])cc1. The van der Waals surface area contributed by atoms with Gasteiger partial charge in [0.2, 0.25) is 0 Å². The molecule has 1 aliphatic rings. The van der Waals surface area contributed by atoms with Gasteiger partial charge in [-0.05, 0) is 42.2 Å². The van der Waals surface area contributed by atoms with Crippen molar-refractivity contribution in [1.82, 2.24) is 9.21 Å². The first-order valence-electron chi connectivity index (χ1n) is 11.2. The molecule has 1 aliphatic heterocycles. The van der Waals surface area contributed by atoms with E-state index in [0.717, 1.165) is 56.0 Å². The molecule has 3 rings (SSSR count). The van der Waals surface area contributed by atoms with Crippen molar-refractivity contribution in [3.63, 3.8) is 0 Å². The van der Waals surface area contributed by atoms with Gasteiger partial charge in [0, 0.05) is 69.4 Å². The number of esters is 1. The average Bonchev–Trinajstić information content (AvgIpc) is 2.85. The summed E-state index contributed by atoms with van der Waals surface area (Å²) in [7, 11) is 1.33. The molecule has 0 amide bonds. The summed E-state index contributed by atoms with van der Waals surface area (Å²) in [6.45, 7) is 5.45. The van der Waals surface area contributed by atoms with Gasteiger partial charge in [0.05, 0.1) is 12.7 Å². The van der Waals surface area contributed by atoms with Crippen LogP contribution < -0.4 is 4.90 Å². The van der Waals surface area contributed by atoms with Crippen LogP contribution in [0.15, 0.2) is 48.5 Å². The van der Waals surface area contributed by atoms with E-state index in [1.54, 1.807) is 24.3 Å². The molecule has 0 spiro atoms. The van der Waals surface area contributed by atoms with Crippen molar-refractivity contribution >= 4 is 22.9 Å². The number of aliphatic hydroxyl groups is 1. The standard InChI is InChI=1S/C24H33N3O5S/c1-32-24(29)22-9-7-20(8-10-22)19-27(33(30)31)13-11-21-5-2-3-6-23(21)26-16-14-25(15-17-26)12-4-18-28/h2-3,5-10,28H,4,11-19H2,1H3,(H,30,31)/p-1. The van der Waals surface area contributed by atoms with Crippen LogP contribution in [0.5, 0.6) is 0 Å². The molecule has 1 saturated heterocycles. The molecule has 0 bridgehead atoms. The van der Waals surface area contributed by atoms with Crippen LogP contribution in [0, 0.1) is 0 Å². The van der Waals surface area contributed by atoms with Crippen molar-refractivity contribution in [1.29, 1.82) is 0 Å². The first-order valence-corrected chi connectivity index (χ1v) is 12.2. The van der Waals surface area contributed by atoms with Crippen LogP contribution in [0.4, 0.5) is 5.69 Å². The normalized spacial score (nSPS) is 15.6. The lowest BCUT2D eigenvalue weighted by atomic mass is 10.1. The predicted octanol–water partition coefficient (Wildman–Crippen LogP) is 1.82. The molecule has 1 atom stereocenters. The minimum atomic E-state index is -2.36. The second-order valence-corrected chi connectivity index (χ2v) is 9.00. The Hall–Kier alpha value is -2.30. The van der Waals surface area contributed by atoms with Crippen LogP contribution in [-0.4, -0.2) is 82.0 Å². The van der Waals surface area contributed by atoms with Crippen molar-refractivity contribution in [3.05, 3.63) is 65.2 Å². The number of anilines is 1. The highest BCUT2D eigenvalue weighted by molar-refractivity contribution is 7.76. The van der Waals surface area contributed by atoms with E-state index in [9.17, 15) is 13.6 Å². The Bertz CT molecular complexity index is 917. The van der Waals surface area contributed by atoms with Gasteiger partial charge in [0.1, 0.15) is 0 Å². The zero-order chi connectivity index (χ0) is 23.6. The van der Waals surface area contributed by atoms with Crippen molar-refractivity contribution < 1.29 is 23.4 Å². The van der Waals surface area contributed by atoms with Gasteiger partial charge in [0.15, 0.2) is 0 Å². The summed E-state index contributed by atoms with van der Waals surface area (Å²) >= 11 is -2.36. The molecule has 0 saturated carbocycles. The van der Waals surface area contributed by atoms with E-state index in [2.05, 4.69) is 21.9 Å². The van der Waals surface area contributed by atoms with Crippen LogP contribution in [0.1, 0.15) is 27.9 Å². The van der Waals surface area contributed by atoms with Gasteiger partial charge in [-0.25, -0.2) is 9.10 Å². The molecule has 9 heteroatoms. The van der Waals surface area contributed by atoms with Gasteiger partial charge in [-0.2, -0.15) is 0 Å². The van der Waals surface area contributed by atoms with Crippen molar-refractivity contribution in [2.45, 2.75) is 19.4 Å². The molecule has 2 aromatic carbocycles. The number of methoxy groups -OCH3 is 1. The lowest BCUT2D eigenvalue weighted by Gasteiger charge is -2.37. The number of ether oxygens (including phenoxy) is 1. The van der Waals surface area contributed by atoms with Gasteiger partial charge >= 0.3 is 5.97 Å². The van der Waals surface area contributed by atoms with E-state index >= 15 is 0 Å². The summed E-state index contributed by atoms with van der Waals surface area (Å²) in [6, 6.07) is 14.9. The van der Waals surface area contributed by atoms with Crippen LogP contribution >= 0.6 is 0 Å². The molecule has 1 N–H and O–H groups in total. The fraction of sp³-hybridized carbons (Fsp3) is 0.458. The highest BCUT2D eigenvalue weighted by atomic mass is 32.2. The maximum Gasteiger partial charge on any atom is 0.337 e. The predicted molar refractivity (Wildman–Crippen MR) is 128 cm³/mol. The third-order valence-electron chi connectivity index (χ3n) is 5.91. The number of carbonyl (C=O) groups excluding carboxylic acids is 1. The Labute approximate surface area is 198 Å². The zero-order valence-electron chi connectivity index (χ0n) is 19.0. The maximum atomic E-state index is 11.9. The summed E-state index contributed by atoms with van der Waals surface area (Å²) in [4.78, 5) is 16.3. The Morgan fingerprint density at radius 3 is 2.45 bits per heavy atom. The fourth-order valence-electron chi connectivity index (χ4n) is 4.06. The Kier molecular flexibility index (Phi) is 9.83. The Morgan fingerprint density at radius 2 is 1.82 bits per heavy atom. The number of benzene rings is 2. The molecule has 0 aromatic heterocycles. The topological polar surface area (TPSA) is 96.4 Å². The van der Waals surface area contributed by atoms with Crippen LogP contribution in [0.3, 0.4) is 0 Å². The number of hydrogen-bond donors (Lipinski definition) is 1. The van der Waals surface area contributed by atoms with Crippen LogP contribution in [0.2, 0.25) is 0 Å². The summed E-state index contributed by atoms with van der Waals surface area (Å²) in [5.74, 6) is -0.420. The second-order valence-electron chi connectivity index (χ2n) is 8.05. The van der Waals surface area contributed by atoms with Crippen LogP contribution in [0.25, 0.3) is 0 Å². The van der Waals surface area contributed by atoms with E-state index in [0.29, 0.717) is 18.5 Å². The number of rotatable bonds is 11. The molecule has 180 valence electrons. The second kappa shape index (κ2) is 12.8. The van der Waals surface area contributed by atoms with E-state index in [-0.39, 0.29) is 13.2 Å². The van der Waals surface area contributed by atoms with Crippen molar-refractivity contribution in [2.24, 2.45) is 0 Å². The first-order chi connectivity index (χ1) is 16.0. The van der Waals surface area contributed by atoms with Gasteiger partial charge in [0.25, 0.3) is 0 Å². The lowest BCUT2D eigenvalue weighted by Crippen LogP contribution is -2.47. The molecule has 1 heterocycles. The highest BCUT2D eigenvalue weighted by Gasteiger charge is 2.19. The van der Waals surface area contributed by atoms with E-state index in [1.807, 2.05) is 12.1 Å². The number of nitrogens with zero attached hydrogens (tertiary/aromatic N) is 3. The molecule has 0 aliphatic carbocycles. The third-order valence-corrected chi connectivity index (χ3v) is 6.65. The molecule has 0 radical (unpaired) electrons. The van der Waals surface area contributed by atoms with Crippen molar-refractivity contribution in [2.75, 3.05) is 57.9 Å². The molecule has 8 nitrogen and oxygen atoms in total. The quantitative estimate of drug-likeness (QED) is 0.392. The molecule has 1 unspecified atom stereocenters. The summed E-state index contributed by atoms with van der Waals surface area (Å²) in [5, 5.41) is 9.04. The maximum absolute atomic E-state index is 11.9. The van der Waals surface area contributed by atoms with E-state index in [4.69, 9.17) is 9.84 Å². The number of piperazine rings is 1. The first kappa shape index (κ1) is 25.3. The fourth-order valence-corrected chi connectivity index (χ4v) is 4.55. The minimum Gasteiger partial charge on any atom is -0.760 e. The molecular formula is C24H32N3O5S-. The Morgan fingerprint density at radius 1 is 1.12 bits per heavy atom. The van der Waals surface area contributed by atoms with E-state index < -0.39 is 17.2 Å². The summed E-state index contributed by atoms with van der Waals surface area (Å²) in [6.07, 6.45) is 1.40. The van der Waals surface area contributed by atoms with Gasteiger partial charge in [-0.15, -0.1) is 0 Å². The molecule has 33 heavy (non-hydrogen) atoms. The number of carbonyl (C=O) groups is 1. The summed E-state index contributed by atoms with van der Waals surface area (Å²) < 4.78 is 29.8. The Balaban J connectivity index is 1.61. The minimum absolute atomic E-state index is 0.218. The van der Waals surface area contributed by atoms with Gasteiger partial charge < -0.3 is 19.3 Å². The monoisotopic (exact) mass is 474 g/mol. The number of hydrogen-bond acceptors (Lipinski definition) is 7. The third kappa shape index (κ3) is 7.35. The molecule has 2 aromatic rings. The van der Waals surface area contributed by atoms with E-state index in [1.165, 1.54) is 11.4 Å². The smallest absolute Gasteiger partial charge is 0.337 e. The zero-order valence-corrected chi connectivity index (χ0v) is 19.8. The van der Waals surface area contributed by atoms with Crippen LogP contribution in [-0.2, 0) is 29.0 Å². The van der Waals surface area contributed by atoms with Gasteiger partial charge in [-0.1, -0.05) is 30.3 Å². The summed E-state index contributed by atoms with van der Waals surface area (Å²) in [5.41, 5.74) is 3.51. The van der Waals surface area contributed by atoms with Crippen molar-refractivity contribution in [3.8, 4) is 0 Å². The largest absolute Gasteiger partial charge is 0.760 e. The molecule has 1 fully saturated rings.